The summed E-state index contributed by atoms with van der Waals surface area (Å²) >= 11 is 15.3. The van der Waals surface area contributed by atoms with Gasteiger partial charge >= 0.3 is 0 Å². The van der Waals surface area contributed by atoms with Gasteiger partial charge in [-0.3, -0.25) is 4.79 Å². The molecule has 1 saturated carbocycles. The standard InChI is InChI=1S/C12H13BrCl2N2O/c13-8-3-9(14)12(10(15)4-8)17-11(18)6-16-5-7-1-2-7/h3-4,7,16H,1-2,5-6H2,(H,17,18). The van der Waals surface area contributed by atoms with Crippen molar-refractivity contribution in [2.45, 2.75) is 12.8 Å². The fraction of sp³-hybridized carbons (Fsp3) is 0.417. The largest absolute Gasteiger partial charge is 0.322 e. The topological polar surface area (TPSA) is 41.1 Å². The van der Waals surface area contributed by atoms with Crippen molar-refractivity contribution < 1.29 is 4.79 Å². The Hall–Kier alpha value is -0.290. The molecule has 0 radical (unpaired) electrons. The third kappa shape index (κ3) is 4.12. The van der Waals surface area contributed by atoms with Crippen molar-refractivity contribution >= 4 is 50.7 Å². The molecule has 2 rings (SSSR count). The van der Waals surface area contributed by atoms with E-state index in [1.165, 1.54) is 12.8 Å². The summed E-state index contributed by atoms with van der Waals surface area (Å²) in [5.74, 6) is 0.611. The summed E-state index contributed by atoms with van der Waals surface area (Å²) in [7, 11) is 0. The number of hydrogen-bond acceptors (Lipinski definition) is 2. The van der Waals surface area contributed by atoms with Crippen molar-refractivity contribution in [3.63, 3.8) is 0 Å². The van der Waals surface area contributed by atoms with E-state index in [-0.39, 0.29) is 12.5 Å². The predicted octanol–water partition coefficient (Wildman–Crippen LogP) is 3.69. The van der Waals surface area contributed by atoms with Gasteiger partial charge in [0.05, 0.1) is 22.3 Å². The maximum atomic E-state index is 11.7. The fourth-order valence-corrected chi connectivity index (χ4v) is 2.86. The van der Waals surface area contributed by atoms with Gasteiger partial charge in [0.1, 0.15) is 0 Å². The molecule has 1 aromatic rings. The van der Waals surface area contributed by atoms with Crippen LogP contribution in [0.25, 0.3) is 0 Å². The minimum atomic E-state index is -0.137. The Bertz CT molecular complexity index is 440. The normalized spacial score (nSPS) is 14.6. The highest BCUT2D eigenvalue weighted by Gasteiger charge is 2.20. The third-order valence-electron chi connectivity index (χ3n) is 2.69. The number of halogens is 3. The van der Waals surface area contributed by atoms with Gasteiger partial charge in [-0.05, 0) is 37.4 Å². The summed E-state index contributed by atoms with van der Waals surface area (Å²) < 4.78 is 0.780. The van der Waals surface area contributed by atoms with Crippen LogP contribution < -0.4 is 10.6 Å². The number of nitrogens with one attached hydrogen (secondary N) is 2. The molecule has 1 aliphatic rings. The SMILES string of the molecule is O=C(CNCC1CC1)Nc1c(Cl)cc(Br)cc1Cl. The maximum Gasteiger partial charge on any atom is 0.238 e. The first-order valence-electron chi connectivity index (χ1n) is 5.71. The van der Waals surface area contributed by atoms with Gasteiger partial charge < -0.3 is 10.6 Å². The molecule has 98 valence electrons. The van der Waals surface area contributed by atoms with Crippen LogP contribution in [0.2, 0.25) is 10.0 Å². The number of rotatable bonds is 5. The second-order valence-electron chi connectivity index (χ2n) is 4.37. The summed E-state index contributed by atoms with van der Waals surface area (Å²) in [5.41, 5.74) is 0.458. The molecule has 1 aliphatic carbocycles. The van der Waals surface area contributed by atoms with Gasteiger partial charge in [0.2, 0.25) is 5.91 Å². The average Bonchev–Trinajstić information content (AvgIpc) is 3.07. The lowest BCUT2D eigenvalue weighted by Gasteiger charge is -2.10. The Morgan fingerprint density at radius 1 is 1.33 bits per heavy atom. The minimum Gasteiger partial charge on any atom is -0.322 e. The molecule has 6 heteroatoms. The van der Waals surface area contributed by atoms with Crippen molar-refractivity contribution in [3.8, 4) is 0 Å². The molecule has 0 bridgehead atoms. The van der Waals surface area contributed by atoms with E-state index in [9.17, 15) is 4.79 Å². The first-order chi connectivity index (χ1) is 8.56. The Morgan fingerprint density at radius 2 is 1.94 bits per heavy atom. The van der Waals surface area contributed by atoms with Crippen LogP contribution >= 0.6 is 39.1 Å². The summed E-state index contributed by atoms with van der Waals surface area (Å²) in [6.45, 7) is 1.18. The van der Waals surface area contributed by atoms with Crippen molar-refractivity contribution in [1.29, 1.82) is 0 Å². The lowest BCUT2D eigenvalue weighted by molar-refractivity contribution is -0.115. The zero-order valence-corrected chi connectivity index (χ0v) is 12.7. The molecule has 0 unspecified atom stereocenters. The molecule has 0 heterocycles. The highest BCUT2D eigenvalue weighted by atomic mass is 79.9. The van der Waals surface area contributed by atoms with E-state index in [4.69, 9.17) is 23.2 Å². The summed E-state index contributed by atoms with van der Waals surface area (Å²) in [4.78, 5) is 11.7. The zero-order chi connectivity index (χ0) is 13.1. The summed E-state index contributed by atoms with van der Waals surface area (Å²) in [6, 6.07) is 3.39. The first-order valence-corrected chi connectivity index (χ1v) is 7.26. The van der Waals surface area contributed by atoms with Crippen LogP contribution in [0, 0.1) is 5.92 Å². The van der Waals surface area contributed by atoms with Gasteiger partial charge in [-0.25, -0.2) is 0 Å². The number of hydrogen-bond donors (Lipinski definition) is 2. The molecular formula is C12H13BrCl2N2O. The van der Waals surface area contributed by atoms with Gasteiger partial charge in [0, 0.05) is 4.47 Å². The van der Waals surface area contributed by atoms with Crippen LogP contribution in [-0.4, -0.2) is 19.0 Å². The van der Waals surface area contributed by atoms with Crippen LogP contribution in [-0.2, 0) is 4.79 Å². The molecule has 1 amide bonds. The van der Waals surface area contributed by atoms with Gasteiger partial charge in [-0.1, -0.05) is 39.1 Å². The number of amides is 1. The van der Waals surface area contributed by atoms with Crippen molar-refractivity contribution in [3.05, 3.63) is 26.7 Å². The molecule has 0 saturated heterocycles. The predicted molar refractivity (Wildman–Crippen MR) is 78.4 cm³/mol. The highest BCUT2D eigenvalue weighted by molar-refractivity contribution is 9.10. The molecule has 0 aromatic heterocycles. The maximum absolute atomic E-state index is 11.7. The number of benzene rings is 1. The molecular weight excluding hydrogens is 339 g/mol. The quantitative estimate of drug-likeness (QED) is 0.849. The molecule has 18 heavy (non-hydrogen) atoms. The third-order valence-corrected chi connectivity index (χ3v) is 3.74. The monoisotopic (exact) mass is 350 g/mol. The molecule has 0 atom stereocenters. The molecule has 0 spiro atoms. The first kappa shape index (κ1) is 14.1. The van der Waals surface area contributed by atoms with Crippen LogP contribution in [0.1, 0.15) is 12.8 Å². The van der Waals surface area contributed by atoms with Crippen molar-refractivity contribution in [2.75, 3.05) is 18.4 Å². The number of carbonyl (C=O) groups excluding carboxylic acids is 1. The lowest BCUT2D eigenvalue weighted by atomic mass is 10.3. The molecule has 3 nitrogen and oxygen atoms in total. The van der Waals surface area contributed by atoms with Crippen molar-refractivity contribution in [1.82, 2.24) is 5.32 Å². The van der Waals surface area contributed by atoms with E-state index in [0.29, 0.717) is 15.7 Å². The second-order valence-corrected chi connectivity index (χ2v) is 6.10. The second kappa shape index (κ2) is 6.24. The molecule has 0 aliphatic heterocycles. The van der Waals surface area contributed by atoms with Crippen LogP contribution in [0.15, 0.2) is 16.6 Å². The summed E-state index contributed by atoms with van der Waals surface area (Å²) in [6.07, 6.45) is 2.53. The van der Waals surface area contributed by atoms with Crippen LogP contribution in [0.3, 0.4) is 0 Å². The Labute approximate surface area is 124 Å². The van der Waals surface area contributed by atoms with E-state index in [2.05, 4.69) is 26.6 Å². The zero-order valence-electron chi connectivity index (χ0n) is 9.60. The smallest absolute Gasteiger partial charge is 0.238 e. The highest BCUT2D eigenvalue weighted by Crippen LogP contribution is 2.33. The van der Waals surface area contributed by atoms with E-state index in [0.717, 1.165) is 16.9 Å². The van der Waals surface area contributed by atoms with Gasteiger partial charge in [0.25, 0.3) is 0 Å². The number of carbonyl (C=O) groups is 1. The minimum absolute atomic E-state index is 0.137. The molecule has 1 aromatic carbocycles. The number of anilines is 1. The van der Waals surface area contributed by atoms with E-state index in [1.54, 1.807) is 12.1 Å². The Kier molecular flexibility index (Phi) is 4.90. The van der Waals surface area contributed by atoms with Gasteiger partial charge in [-0.15, -0.1) is 0 Å². The summed E-state index contributed by atoms with van der Waals surface area (Å²) in [5, 5.41) is 6.67. The Balaban J connectivity index is 1.89. The van der Waals surface area contributed by atoms with Gasteiger partial charge in [-0.2, -0.15) is 0 Å². The average molecular weight is 352 g/mol. The van der Waals surface area contributed by atoms with Crippen LogP contribution in [0.4, 0.5) is 5.69 Å². The molecule has 2 N–H and O–H groups in total. The Morgan fingerprint density at radius 3 is 2.50 bits per heavy atom. The molecule has 1 fully saturated rings. The van der Waals surface area contributed by atoms with Crippen LogP contribution in [0.5, 0.6) is 0 Å². The van der Waals surface area contributed by atoms with Gasteiger partial charge in [0.15, 0.2) is 0 Å². The fourth-order valence-electron chi connectivity index (χ4n) is 1.56. The van der Waals surface area contributed by atoms with Crippen molar-refractivity contribution in [2.24, 2.45) is 5.92 Å². The van der Waals surface area contributed by atoms with E-state index < -0.39 is 0 Å². The lowest BCUT2D eigenvalue weighted by Crippen LogP contribution is -2.29. The van der Waals surface area contributed by atoms with E-state index in [1.807, 2.05) is 0 Å². The van der Waals surface area contributed by atoms with E-state index >= 15 is 0 Å².